The lowest BCUT2D eigenvalue weighted by Crippen LogP contribution is -2.43. The van der Waals surface area contributed by atoms with Gasteiger partial charge < -0.3 is 10.2 Å². The summed E-state index contributed by atoms with van der Waals surface area (Å²) in [6, 6.07) is 14.9. The molecule has 3 aromatic rings. The molecule has 28 heavy (non-hydrogen) atoms. The Bertz CT molecular complexity index is 1010. The Morgan fingerprint density at radius 1 is 1.07 bits per heavy atom. The van der Waals surface area contributed by atoms with Gasteiger partial charge in [0.2, 0.25) is 5.91 Å². The zero-order valence-corrected chi connectivity index (χ0v) is 15.3. The van der Waals surface area contributed by atoms with Crippen LogP contribution in [0.15, 0.2) is 60.8 Å². The lowest BCUT2D eigenvalue weighted by molar-refractivity contribution is -0.121. The molecule has 1 saturated heterocycles. The van der Waals surface area contributed by atoms with Crippen molar-refractivity contribution in [1.29, 1.82) is 0 Å². The van der Waals surface area contributed by atoms with E-state index in [0.717, 1.165) is 29.4 Å². The van der Waals surface area contributed by atoms with E-state index < -0.39 is 0 Å². The summed E-state index contributed by atoms with van der Waals surface area (Å²) in [7, 11) is 0. The Labute approximate surface area is 162 Å². The van der Waals surface area contributed by atoms with Gasteiger partial charge in [-0.15, -0.1) is 0 Å². The number of likely N-dealkylation sites (tertiary alicyclic amines) is 1. The third-order valence-corrected chi connectivity index (χ3v) is 5.07. The van der Waals surface area contributed by atoms with Crippen molar-refractivity contribution in [3.63, 3.8) is 0 Å². The van der Waals surface area contributed by atoms with Gasteiger partial charge in [-0.05, 0) is 61.4 Å². The third kappa shape index (κ3) is 3.71. The van der Waals surface area contributed by atoms with Gasteiger partial charge in [0.15, 0.2) is 0 Å². The van der Waals surface area contributed by atoms with Gasteiger partial charge in [-0.2, -0.15) is 0 Å². The minimum Gasteiger partial charge on any atom is -0.338 e. The average molecular weight is 377 g/mol. The number of halogens is 1. The summed E-state index contributed by atoms with van der Waals surface area (Å²) in [6.07, 6.45) is 3.19. The first-order valence-corrected chi connectivity index (χ1v) is 9.31. The molecule has 0 spiro atoms. The second-order valence-corrected chi connectivity index (χ2v) is 6.96. The third-order valence-electron chi connectivity index (χ3n) is 5.07. The van der Waals surface area contributed by atoms with Crippen molar-refractivity contribution in [1.82, 2.24) is 9.88 Å². The molecule has 0 bridgehead atoms. The standard InChI is InChI=1S/C22H20FN3O2/c23-17-10-8-15(9-11-17)22(28)26-13-3-4-16(14-26)21(27)25-20-7-1-6-19-18(20)5-2-12-24-19/h1-2,5-12,16H,3-4,13-14H2,(H,25,27)/t16-/m1/s1. The summed E-state index contributed by atoms with van der Waals surface area (Å²) >= 11 is 0. The van der Waals surface area contributed by atoms with Crippen LogP contribution in [0.2, 0.25) is 0 Å². The van der Waals surface area contributed by atoms with Crippen molar-refractivity contribution in [3.8, 4) is 0 Å². The number of carbonyl (C=O) groups is 2. The molecular formula is C22H20FN3O2. The summed E-state index contributed by atoms with van der Waals surface area (Å²) in [6.45, 7) is 0.948. The average Bonchev–Trinajstić information content (AvgIpc) is 2.74. The number of rotatable bonds is 3. The zero-order valence-electron chi connectivity index (χ0n) is 15.3. The van der Waals surface area contributed by atoms with Gasteiger partial charge in [-0.1, -0.05) is 6.07 Å². The SMILES string of the molecule is O=C(Nc1cccc2ncccc12)[C@@H]1CCCN(C(=O)c2ccc(F)cc2)C1. The highest BCUT2D eigenvalue weighted by atomic mass is 19.1. The normalized spacial score (nSPS) is 16.8. The van der Waals surface area contributed by atoms with Crippen molar-refractivity contribution < 1.29 is 14.0 Å². The summed E-state index contributed by atoms with van der Waals surface area (Å²) in [4.78, 5) is 31.5. The summed E-state index contributed by atoms with van der Waals surface area (Å²) < 4.78 is 13.1. The molecule has 4 rings (SSSR count). The fraction of sp³-hybridized carbons (Fsp3) is 0.227. The van der Waals surface area contributed by atoms with Crippen LogP contribution in [-0.4, -0.2) is 34.8 Å². The van der Waals surface area contributed by atoms with Crippen LogP contribution < -0.4 is 5.32 Å². The Hall–Kier alpha value is -3.28. The predicted molar refractivity (Wildman–Crippen MR) is 105 cm³/mol. The van der Waals surface area contributed by atoms with Gasteiger partial charge in [0, 0.05) is 30.2 Å². The van der Waals surface area contributed by atoms with Crippen LogP contribution in [0.4, 0.5) is 10.1 Å². The summed E-state index contributed by atoms with van der Waals surface area (Å²) in [5.74, 6) is -0.943. The van der Waals surface area contributed by atoms with Crippen molar-refractivity contribution in [3.05, 3.63) is 72.2 Å². The number of anilines is 1. The number of pyridine rings is 1. The molecule has 1 N–H and O–H groups in total. The molecule has 0 aliphatic carbocycles. The molecule has 0 radical (unpaired) electrons. The second-order valence-electron chi connectivity index (χ2n) is 6.96. The predicted octanol–water partition coefficient (Wildman–Crippen LogP) is 3.86. The highest BCUT2D eigenvalue weighted by Gasteiger charge is 2.29. The smallest absolute Gasteiger partial charge is 0.253 e. The fourth-order valence-corrected chi connectivity index (χ4v) is 3.60. The van der Waals surface area contributed by atoms with Crippen molar-refractivity contribution in [2.24, 2.45) is 5.92 Å². The number of fused-ring (bicyclic) bond motifs is 1. The Kier molecular flexibility index (Phi) is 5.02. The van der Waals surface area contributed by atoms with E-state index in [4.69, 9.17) is 0 Å². The fourth-order valence-electron chi connectivity index (χ4n) is 3.60. The van der Waals surface area contributed by atoms with Crippen LogP contribution >= 0.6 is 0 Å². The van der Waals surface area contributed by atoms with E-state index in [1.807, 2.05) is 30.3 Å². The maximum absolute atomic E-state index is 13.1. The van der Waals surface area contributed by atoms with Gasteiger partial charge in [-0.3, -0.25) is 14.6 Å². The highest BCUT2D eigenvalue weighted by Crippen LogP contribution is 2.24. The summed E-state index contributed by atoms with van der Waals surface area (Å²) in [5, 5.41) is 3.88. The second kappa shape index (κ2) is 7.76. The molecule has 1 aliphatic heterocycles. The van der Waals surface area contributed by atoms with E-state index in [0.29, 0.717) is 18.7 Å². The Morgan fingerprint density at radius 3 is 2.71 bits per heavy atom. The van der Waals surface area contributed by atoms with Crippen molar-refractivity contribution in [2.45, 2.75) is 12.8 Å². The molecule has 2 heterocycles. The number of hydrogen-bond acceptors (Lipinski definition) is 3. The van der Waals surface area contributed by atoms with Crippen molar-refractivity contribution in [2.75, 3.05) is 18.4 Å². The van der Waals surface area contributed by atoms with E-state index in [-0.39, 0.29) is 23.5 Å². The monoisotopic (exact) mass is 377 g/mol. The first-order chi connectivity index (χ1) is 13.6. The number of benzene rings is 2. The van der Waals surface area contributed by atoms with E-state index in [2.05, 4.69) is 10.3 Å². The Morgan fingerprint density at radius 2 is 1.89 bits per heavy atom. The first kappa shape index (κ1) is 18.1. The maximum atomic E-state index is 13.1. The molecule has 6 heteroatoms. The van der Waals surface area contributed by atoms with Gasteiger partial charge in [0.1, 0.15) is 5.82 Å². The lowest BCUT2D eigenvalue weighted by atomic mass is 9.96. The number of carbonyl (C=O) groups excluding carboxylic acids is 2. The molecule has 0 unspecified atom stereocenters. The largest absolute Gasteiger partial charge is 0.338 e. The quantitative estimate of drug-likeness (QED) is 0.754. The van der Waals surface area contributed by atoms with Crippen LogP contribution in [0, 0.1) is 11.7 Å². The molecule has 142 valence electrons. The van der Waals surface area contributed by atoms with E-state index in [1.165, 1.54) is 24.3 Å². The molecule has 2 aromatic carbocycles. The van der Waals surface area contributed by atoms with E-state index in [9.17, 15) is 14.0 Å². The number of aromatic nitrogens is 1. The minimum atomic E-state index is -0.378. The van der Waals surface area contributed by atoms with Crippen LogP contribution in [-0.2, 0) is 4.79 Å². The van der Waals surface area contributed by atoms with E-state index in [1.54, 1.807) is 11.1 Å². The van der Waals surface area contributed by atoms with Gasteiger partial charge in [0.25, 0.3) is 5.91 Å². The molecule has 1 atom stereocenters. The number of nitrogens with one attached hydrogen (secondary N) is 1. The van der Waals surface area contributed by atoms with Crippen LogP contribution in [0.25, 0.3) is 10.9 Å². The van der Waals surface area contributed by atoms with Gasteiger partial charge >= 0.3 is 0 Å². The number of nitrogens with zero attached hydrogens (tertiary/aromatic N) is 2. The Balaban J connectivity index is 1.47. The number of amides is 2. The number of hydrogen-bond donors (Lipinski definition) is 1. The highest BCUT2D eigenvalue weighted by molar-refractivity contribution is 6.02. The topological polar surface area (TPSA) is 62.3 Å². The molecule has 0 saturated carbocycles. The van der Waals surface area contributed by atoms with E-state index >= 15 is 0 Å². The van der Waals surface area contributed by atoms with Crippen LogP contribution in [0.5, 0.6) is 0 Å². The van der Waals surface area contributed by atoms with Crippen LogP contribution in [0.3, 0.4) is 0 Å². The van der Waals surface area contributed by atoms with Crippen LogP contribution in [0.1, 0.15) is 23.2 Å². The summed E-state index contributed by atoms with van der Waals surface area (Å²) in [5.41, 5.74) is 1.97. The molecular weight excluding hydrogens is 357 g/mol. The molecule has 1 aromatic heterocycles. The van der Waals surface area contributed by atoms with Gasteiger partial charge in [0.05, 0.1) is 17.1 Å². The maximum Gasteiger partial charge on any atom is 0.253 e. The zero-order chi connectivity index (χ0) is 19.5. The molecule has 2 amide bonds. The molecule has 1 aliphatic rings. The van der Waals surface area contributed by atoms with Gasteiger partial charge in [-0.25, -0.2) is 4.39 Å². The lowest BCUT2D eigenvalue weighted by Gasteiger charge is -2.32. The molecule has 1 fully saturated rings. The molecule has 5 nitrogen and oxygen atoms in total. The first-order valence-electron chi connectivity index (χ1n) is 9.31. The number of piperidine rings is 1. The van der Waals surface area contributed by atoms with Crippen molar-refractivity contribution >= 4 is 28.4 Å². The minimum absolute atomic E-state index is 0.104.